The van der Waals surface area contributed by atoms with Crippen LogP contribution in [0.2, 0.25) is 0 Å². The van der Waals surface area contributed by atoms with Gasteiger partial charge in [-0.15, -0.1) is 0 Å². The average Bonchev–Trinajstić information content (AvgIpc) is 2.78. The number of aryl methyl sites for hydroxylation is 1. The van der Waals surface area contributed by atoms with Gasteiger partial charge in [0.1, 0.15) is 6.54 Å². The number of likely N-dealkylation sites (N-methyl/N-ethyl adjacent to an activating group) is 1. The molecule has 6 nitrogen and oxygen atoms in total. The highest BCUT2D eigenvalue weighted by Crippen LogP contribution is 2.11. The van der Waals surface area contributed by atoms with E-state index in [1.807, 2.05) is 38.1 Å². The third-order valence-corrected chi connectivity index (χ3v) is 3.06. The van der Waals surface area contributed by atoms with E-state index in [4.69, 9.17) is 0 Å². The molecule has 20 heavy (non-hydrogen) atoms. The quantitative estimate of drug-likeness (QED) is 0.879. The van der Waals surface area contributed by atoms with Crippen molar-refractivity contribution in [3.8, 4) is 0 Å². The van der Waals surface area contributed by atoms with E-state index < -0.39 is 6.03 Å². The number of carbonyl (C=O) groups excluding carboxylic acids is 2. The van der Waals surface area contributed by atoms with Gasteiger partial charge in [-0.3, -0.25) is 10.1 Å². The summed E-state index contributed by atoms with van der Waals surface area (Å²) in [6.07, 6.45) is 0.901. The number of carbonyl (C=O) groups is 2. The third-order valence-electron chi connectivity index (χ3n) is 3.06. The van der Waals surface area contributed by atoms with Crippen LogP contribution in [-0.2, 0) is 11.2 Å². The SMILES string of the molecule is CCc1cccc(NC(=O)N=C2NC(=O)CN2CC)c1. The molecule has 1 aromatic rings. The van der Waals surface area contributed by atoms with Crippen LogP contribution in [0.15, 0.2) is 29.3 Å². The molecule has 6 heteroatoms. The predicted molar refractivity (Wildman–Crippen MR) is 77.7 cm³/mol. The normalized spacial score (nSPS) is 16.4. The highest BCUT2D eigenvalue weighted by Gasteiger charge is 2.24. The molecule has 0 atom stereocenters. The van der Waals surface area contributed by atoms with Gasteiger partial charge in [0.25, 0.3) is 0 Å². The molecule has 0 aromatic heterocycles. The maximum atomic E-state index is 11.9. The van der Waals surface area contributed by atoms with Crippen LogP contribution in [0, 0.1) is 0 Å². The molecule has 2 N–H and O–H groups in total. The van der Waals surface area contributed by atoms with Gasteiger partial charge in [0.05, 0.1) is 0 Å². The zero-order chi connectivity index (χ0) is 14.5. The summed E-state index contributed by atoms with van der Waals surface area (Å²) >= 11 is 0. The van der Waals surface area contributed by atoms with Crippen molar-refractivity contribution in [1.82, 2.24) is 10.2 Å². The largest absolute Gasteiger partial charge is 0.348 e. The van der Waals surface area contributed by atoms with Crippen molar-refractivity contribution in [3.63, 3.8) is 0 Å². The fourth-order valence-electron chi connectivity index (χ4n) is 1.97. The molecule has 0 spiro atoms. The number of rotatable bonds is 3. The second kappa shape index (κ2) is 6.18. The Bertz CT molecular complexity index is 554. The molecular formula is C14H18N4O2. The van der Waals surface area contributed by atoms with Crippen molar-refractivity contribution in [2.24, 2.45) is 4.99 Å². The number of nitrogens with zero attached hydrogens (tertiary/aromatic N) is 2. The molecule has 1 heterocycles. The van der Waals surface area contributed by atoms with E-state index >= 15 is 0 Å². The molecule has 1 fully saturated rings. The summed E-state index contributed by atoms with van der Waals surface area (Å²) < 4.78 is 0. The van der Waals surface area contributed by atoms with Gasteiger partial charge in [-0.05, 0) is 31.0 Å². The van der Waals surface area contributed by atoms with Gasteiger partial charge in [0.15, 0.2) is 0 Å². The number of aliphatic imine (C=N–C) groups is 1. The summed E-state index contributed by atoms with van der Waals surface area (Å²) in [6.45, 7) is 4.82. The molecule has 2 rings (SSSR count). The Morgan fingerprint density at radius 3 is 2.95 bits per heavy atom. The van der Waals surface area contributed by atoms with Gasteiger partial charge in [0, 0.05) is 12.2 Å². The van der Waals surface area contributed by atoms with Crippen LogP contribution in [0.1, 0.15) is 19.4 Å². The standard InChI is InChI=1S/C14H18N4O2/c1-3-10-6-5-7-11(8-10)15-14(20)17-13-16-12(19)9-18(13)4-2/h5-8H,3-4,9H2,1-2H3,(H2,15,16,17,19,20). The molecule has 1 aromatic carbocycles. The minimum Gasteiger partial charge on any atom is -0.333 e. The van der Waals surface area contributed by atoms with Crippen molar-refractivity contribution in [2.75, 3.05) is 18.4 Å². The van der Waals surface area contributed by atoms with Crippen LogP contribution in [0.5, 0.6) is 0 Å². The highest BCUT2D eigenvalue weighted by molar-refractivity contribution is 6.09. The first-order valence-corrected chi connectivity index (χ1v) is 6.65. The Hall–Kier alpha value is -2.37. The van der Waals surface area contributed by atoms with Gasteiger partial charge < -0.3 is 10.2 Å². The molecule has 0 bridgehead atoms. The Kier molecular flexibility index (Phi) is 4.34. The van der Waals surface area contributed by atoms with Crippen molar-refractivity contribution < 1.29 is 9.59 Å². The van der Waals surface area contributed by atoms with E-state index in [0.29, 0.717) is 18.2 Å². The van der Waals surface area contributed by atoms with Gasteiger partial charge in [-0.2, -0.15) is 4.99 Å². The number of hydrogen-bond acceptors (Lipinski definition) is 2. The fraction of sp³-hybridized carbons (Fsp3) is 0.357. The average molecular weight is 274 g/mol. The number of hydrogen-bond donors (Lipinski definition) is 2. The number of urea groups is 1. The molecule has 1 saturated heterocycles. The van der Waals surface area contributed by atoms with Crippen LogP contribution < -0.4 is 10.6 Å². The van der Waals surface area contributed by atoms with Crippen molar-refractivity contribution in [3.05, 3.63) is 29.8 Å². The Morgan fingerprint density at radius 1 is 1.45 bits per heavy atom. The van der Waals surface area contributed by atoms with Gasteiger partial charge in [-0.1, -0.05) is 19.1 Å². The number of nitrogens with one attached hydrogen (secondary N) is 2. The minimum absolute atomic E-state index is 0.147. The van der Waals surface area contributed by atoms with Crippen LogP contribution in [0.3, 0.4) is 0 Å². The highest BCUT2D eigenvalue weighted by atomic mass is 16.2. The van der Waals surface area contributed by atoms with Crippen LogP contribution in [-0.4, -0.2) is 35.9 Å². The van der Waals surface area contributed by atoms with Crippen LogP contribution in [0.4, 0.5) is 10.5 Å². The lowest BCUT2D eigenvalue weighted by atomic mass is 10.1. The maximum Gasteiger partial charge on any atom is 0.348 e. The Balaban J connectivity index is 2.06. The molecule has 1 aliphatic rings. The van der Waals surface area contributed by atoms with Gasteiger partial charge in [-0.25, -0.2) is 4.79 Å². The summed E-state index contributed by atoms with van der Waals surface area (Å²) in [6, 6.07) is 7.11. The molecule has 0 saturated carbocycles. The van der Waals surface area contributed by atoms with E-state index in [9.17, 15) is 9.59 Å². The Labute approximate surface area is 117 Å². The topological polar surface area (TPSA) is 73.8 Å². The third kappa shape index (κ3) is 3.34. The lowest BCUT2D eigenvalue weighted by Gasteiger charge is -2.12. The summed E-state index contributed by atoms with van der Waals surface area (Å²) in [4.78, 5) is 28.7. The number of anilines is 1. The number of amides is 3. The lowest BCUT2D eigenvalue weighted by Crippen LogP contribution is -2.31. The maximum absolute atomic E-state index is 11.9. The first-order chi connectivity index (χ1) is 9.62. The van der Waals surface area contributed by atoms with Crippen LogP contribution in [0.25, 0.3) is 0 Å². The number of benzene rings is 1. The lowest BCUT2D eigenvalue weighted by molar-refractivity contribution is -0.118. The van der Waals surface area contributed by atoms with Gasteiger partial charge in [0.2, 0.25) is 11.9 Å². The fourth-order valence-corrected chi connectivity index (χ4v) is 1.97. The van der Waals surface area contributed by atoms with Crippen molar-refractivity contribution in [2.45, 2.75) is 20.3 Å². The summed E-state index contributed by atoms with van der Waals surface area (Å²) in [5.74, 6) is 0.160. The summed E-state index contributed by atoms with van der Waals surface area (Å²) in [5, 5.41) is 5.27. The number of guanidine groups is 1. The van der Waals surface area contributed by atoms with Crippen LogP contribution >= 0.6 is 0 Å². The zero-order valence-electron chi connectivity index (χ0n) is 11.6. The zero-order valence-corrected chi connectivity index (χ0v) is 11.6. The first kappa shape index (κ1) is 14.0. The van der Waals surface area contributed by atoms with Crippen molar-refractivity contribution in [1.29, 1.82) is 0 Å². The molecule has 0 radical (unpaired) electrons. The summed E-state index contributed by atoms with van der Waals surface area (Å²) in [5.41, 5.74) is 1.84. The molecule has 106 valence electrons. The van der Waals surface area contributed by atoms with E-state index in [-0.39, 0.29) is 12.5 Å². The van der Waals surface area contributed by atoms with E-state index in [2.05, 4.69) is 15.6 Å². The van der Waals surface area contributed by atoms with E-state index in [1.54, 1.807) is 4.90 Å². The molecule has 0 aliphatic carbocycles. The second-order valence-corrected chi connectivity index (χ2v) is 4.48. The molecule has 3 amide bonds. The second-order valence-electron chi connectivity index (χ2n) is 4.48. The monoisotopic (exact) mass is 274 g/mol. The van der Waals surface area contributed by atoms with E-state index in [1.165, 1.54) is 0 Å². The molecular weight excluding hydrogens is 256 g/mol. The van der Waals surface area contributed by atoms with Crippen molar-refractivity contribution >= 4 is 23.6 Å². The van der Waals surface area contributed by atoms with Gasteiger partial charge >= 0.3 is 6.03 Å². The Morgan fingerprint density at radius 2 is 2.25 bits per heavy atom. The van der Waals surface area contributed by atoms with E-state index in [0.717, 1.165) is 12.0 Å². The summed E-state index contributed by atoms with van der Waals surface area (Å²) in [7, 11) is 0. The first-order valence-electron chi connectivity index (χ1n) is 6.65. The predicted octanol–water partition coefficient (Wildman–Crippen LogP) is 1.59. The molecule has 0 unspecified atom stereocenters. The minimum atomic E-state index is -0.492. The smallest absolute Gasteiger partial charge is 0.333 e. The molecule has 1 aliphatic heterocycles.